The maximum atomic E-state index is 12.1. The summed E-state index contributed by atoms with van der Waals surface area (Å²) >= 11 is 0. The highest BCUT2D eigenvalue weighted by atomic mass is 16.2. The van der Waals surface area contributed by atoms with Crippen LogP contribution in [0.4, 0.5) is 0 Å². The molecule has 0 unspecified atom stereocenters. The van der Waals surface area contributed by atoms with E-state index in [1.165, 1.54) is 4.90 Å². The third-order valence-corrected chi connectivity index (χ3v) is 3.15. The molecular weight excluding hydrogens is 248 g/mol. The topological polar surface area (TPSA) is 154 Å². The molecule has 2 amide bonds. The lowest BCUT2D eigenvalue weighted by atomic mass is 10.1. The van der Waals surface area contributed by atoms with Gasteiger partial charge in [-0.3, -0.25) is 14.6 Å². The largest absolute Gasteiger partial charge is 0.370 e. The average Bonchev–Trinajstić information content (AvgIpc) is 2.82. The summed E-state index contributed by atoms with van der Waals surface area (Å²) in [6.07, 6.45) is 2.47. The number of guanidine groups is 1. The lowest BCUT2D eigenvalue weighted by Gasteiger charge is -2.25. The molecule has 0 spiro atoms. The highest BCUT2D eigenvalue weighted by Crippen LogP contribution is 2.18. The number of hydrogen-bond acceptors (Lipinski definition) is 4. The minimum Gasteiger partial charge on any atom is -0.370 e. The Hall–Kier alpha value is -1.83. The highest BCUT2D eigenvalue weighted by molar-refractivity contribution is 5.89. The third kappa shape index (κ3) is 4.40. The van der Waals surface area contributed by atoms with Crippen LogP contribution in [0.2, 0.25) is 0 Å². The van der Waals surface area contributed by atoms with Gasteiger partial charge in [0.1, 0.15) is 6.04 Å². The van der Waals surface area contributed by atoms with Crippen LogP contribution < -0.4 is 22.9 Å². The first-order valence-corrected chi connectivity index (χ1v) is 6.34. The van der Waals surface area contributed by atoms with Crippen molar-refractivity contribution in [1.29, 1.82) is 0 Å². The molecule has 1 heterocycles. The summed E-state index contributed by atoms with van der Waals surface area (Å²) in [6, 6.07) is -1.16. The molecule has 0 aromatic rings. The SMILES string of the molecule is NC(=O)[C@@H]1CCCN1C(=O)[C@@H](N)CCCN=C(N)N. The molecule has 1 aliphatic rings. The highest BCUT2D eigenvalue weighted by Gasteiger charge is 2.34. The molecule has 1 saturated heterocycles. The average molecular weight is 270 g/mol. The lowest BCUT2D eigenvalue weighted by Crippen LogP contribution is -2.50. The Bertz CT molecular complexity index is 366. The van der Waals surface area contributed by atoms with Crippen LogP contribution >= 0.6 is 0 Å². The fourth-order valence-corrected chi connectivity index (χ4v) is 2.18. The Morgan fingerprint density at radius 1 is 1.32 bits per heavy atom. The standard InChI is InChI=1S/C11H22N6O2/c12-7(3-1-5-16-11(14)15)10(19)17-6-2-4-8(17)9(13)18/h7-8H,1-6,12H2,(H2,13,18)(H4,14,15,16)/t7-,8-/m0/s1. The predicted octanol–water partition coefficient (Wildman–Crippen LogP) is -2.16. The summed E-state index contributed by atoms with van der Waals surface area (Å²) in [4.78, 5) is 28.6. The number of carbonyl (C=O) groups is 2. The number of amides is 2. The second-order valence-electron chi connectivity index (χ2n) is 4.65. The summed E-state index contributed by atoms with van der Waals surface area (Å²) in [5.41, 5.74) is 21.5. The van der Waals surface area contributed by atoms with Crippen molar-refractivity contribution in [2.75, 3.05) is 13.1 Å². The maximum absolute atomic E-state index is 12.1. The van der Waals surface area contributed by atoms with Crippen LogP contribution in [0, 0.1) is 0 Å². The van der Waals surface area contributed by atoms with Gasteiger partial charge in [0, 0.05) is 13.1 Å². The quantitative estimate of drug-likeness (QED) is 0.246. The van der Waals surface area contributed by atoms with Crippen molar-refractivity contribution >= 4 is 17.8 Å². The summed E-state index contributed by atoms with van der Waals surface area (Å²) in [5, 5.41) is 0. The summed E-state index contributed by atoms with van der Waals surface area (Å²) in [5.74, 6) is -0.683. The normalized spacial score (nSPS) is 20.1. The van der Waals surface area contributed by atoms with Crippen LogP contribution in [0.3, 0.4) is 0 Å². The van der Waals surface area contributed by atoms with E-state index in [4.69, 9.17) is 22.9 Å². The molecule has 1 aliphatic heterocycles. The van der Waals surface area contributed by atoms with Gasteiger partial charge in [0.25, 0.3) is 0 Å². The van der Waals surface area contributed by atoms with Crippen LogP contribution in [0.25, 0.3) is 0 Å². The van der Waals surface area contributed by atoms with Gasteiger partial charge in [0.15, 0.2) is 5.96 Å². The molecule has 0 radical (unpaired) electrons. The zero-order chi connectivity index (χ0) is 14.4. The second-order valence-corrected chi connectivity index (χ2v) is 4.65. The molecule has 0 aromatic carbocycles. The molecule has 108 valence electrons. The van der Waals surface area contributed by atoms with E-state index in [0.29, 0.717) is 32.4 Å². The molecule has 0 bridgehead atoms. The molecule has 0 aromatic heterocycles. The zero-order valence-electron chi connectivity index (χ0n) is 10.9. The van der Waals surface area contributed by atoms with E-state index >= 15 is 0 Å². The van der Waals surface area contributed by atoms with Crippen molar-refractivity contribution in [2.24, 2.45) is 27.9 Å². The first kappa shape index (κ1) is 15.2. The van der Waals surface area contributed by atoms with Crippen molar-refractivity contribution in [2.45, 2.75) is 37.8 Å². The fourth-order valence-electron chi connectivity index (χ4n) is 2.18. The predicted molar refractivity (Wildman–Crippen MR) is 71.8 cm³/mol. The van der Waals surface area contributed by atoms with E-state index in [-0.39, 0.29) is 11.9 Å². The van der Waals surface area contributed by atoms with E-state index in [1.54, 1.807) is 0 Å². The minimum atomic E-state index is -0.644. The first-order chi connectivity index (χ1) is 8.93. The Labute approximate surface area is 112 Å². The maximum Gasteiger partial charge on any atom is 0.240 e. The van der Waals surface area contributed by atoms with E-state index < -0.39 is 18.0 Å². The van der Waals surface area contributed by atoms with Crippen molar-refractivity contribution < 1.29 is 9.59 Å². The molecule has 8 N–H and O–H groups in total. The Balaban J connectivity index is 2.43. The van der Waals surface area contributed by atoms with Gasteiger partial charge in [0.2, 0.25) is 11.8 Å². The molecule has 8 nitrogen and oxygen atoms in total. The number of nitrogens with zero attached hydrogens (tertiary/aromatic N) is 2. The Morgan fingerprint density at radius 3 is 2.58 bits per heavy atom. The number of rotatable bonds is 6. The van der Waals surface area contributed by atoms with E-state index in [2.05, 4.69) is 4.99 Å². The molecule has 1 rings (SSSR count). The first-order valence-electron chi connectivity index (χ1n) is 6.34. The number of carbonyl (C=O) groups excluding carboxylic acids is 2. The van der Waals surface area contributed by atoms with Gasteiger partial charge in [-0.05, 0) is 25.7 Å². The Kier molecular flexibility index (Phi) is 5.56. The molecule has 8 heteroatoms. The van der Waals surface area contributed by atoms with E-state index in [1.807, 2.05) is 0 Å². The summed E-state index contributed by atoms with van der Waals surface area (Å²) in [6.45, 7) is 0.969. The van der Waals surface area contributed by atoms with E-state index in [0.717, 1.165) is 6.42 Å². The molecule has 2 atom stereocenters. The summed E-state index contributed by atoms with van der Waals surface area (Å²) in [7, 11) is 0. The summed E-state index contributed by atoms with van der Waals surface area (Å²) < 4.78 is 0. The van der Waals surface area contributed by atoms with Crippen LogP contribution in [-0.4, -0.2) is 47.8 Å². The van der Waals surface area contributed by atoms with Crippen molar-refractivity contribution in [3.05, 3.63) is 0 Å². The van der Waals surface area contributed by atoms with Gasteiger partial charge in [-0.1, -0.05) is 0 Å². The third-order valence-electron chi connectivity index (χ3n) is 3.15. The van der Waals surface area contributed by atoms with Gasteiger partial charge in [-0.2, -0.15) is 0 Å². The smallest absolute Gasteiger partial charge is 0.240 e. The fraction of sp³-hybridized carbons (Fsp3) is 0.727. The number of hydrogen-bond donors (Lipinski definition) is 4. The van der Waals surface area contributed by atoms with Crippen LogP contribution in [0.1, 0.15) is 25.7 Å². The minimum absolute atomic E-state index is 0.0215. The molecule has 1 fully saturated rings. The van der Waals surface area contributed by atoms with Gasteiger partial charge in [-0.15, -0.1) is 0 Å². The molecule has 0 saturated carbocycles. The number of likely N-dealkylation sites (tertiary alicyclic amines) is 1. The molecular formula is C11H22N6O2. The van der Waals surface area contributed by atoms with Gasteiger partial charge in [0.05, 0.1) is 6.04 Å². The lowest BCUT2D eigenvalue weighted by molar-refractivity contribution is -0.138. The Morgan fingerprint density at radius 2 is 2.00 bits per heavy atom. The van der Waals surface area contributed by atoms with Gasteiger partial charge >= 0.3 is 0 Å². The zero-order valence-corrected chi connectivity index (χ0v) is 10.9. The number of aliphatic imine (C=N–C) groups is 1. The van der Waals surface area contributed by atoms with Gasteiger partial charge < -0.3 is 27.8 Å². The second kappa shape index (κ2) is 6.93. The van der Waals surface area contributed by atoms with Crippen LogP contribution in [0.5, 0.6) is 0 Å². The number of primary amides is 1. The van der Waals surface area contributed by atoms with Crippen molar-refractivity contribution in [3.8, 4) is 0 Å². The van der Waals surface area contributed by atoms with E-state index in [9.17, 15) is 9.59 Å². The number of nitrogens with two attached hydrogens (primary N) is 4. The molecule has 19 heavy (non-hydrogen) atoms. The van der Waals surface area contributed by atoms with Crippen molar-refractivity contribution in [3.63, 3.8) is 0 Å². The van der Waals surface area contributed by atoms with Gasteiger partial charge in [-0.25, -0.2) is 0 Å². The monoisotopic (exact) mass is 270 g/mol. The molecule has 0 aliphatic carbocycles. The van der Waals surface area contributed by atoms with Crippen LogP contribution in [0.15, 0.2) is 4.99 Å². The van der Waals surface area contributed by atoms with Crippen molar-refractivity contribution in [1.82, 2.24) is 4.90 Å². The van der Waals surface area contributed by atoms with Crippen LogP contribution in [-0.2, 0) is 9.59 Å².